The van der Waals surface area contributed by atoms with Gasteiger partial charge in [-0.05, 0) is 66.5 Å². The number of hydrogen-bond donors (Lipinski definition) is 0. The van der Waals surface area contributed by atoms with Crippen molar-refractivity contribution in [3.8, 4) is 0 Å². The van der Waals surface area contributed by atoms with Gasteiger partial charge >= 0.3 is 21.3 Å². The number of rotatable bonds is 19. The standard InChI is InChI=1S/C33H41BrF2O5S2/c1-28-22-24-31(25-23-28)42(29-18-12-10-13-19-29,30-20-14-11-15-21-30)41-43(38,39)33(35,36)32(37)40-27-17-9-7-5-3-2-4-6-8-16-26-34/h10-15,18-25H,2-9,16-17,26-27H2,1H3. The van der Waals surface area contributed by atoms with Gasteiger partial charge in [0.05, 0.1) is 6.61 Å². The molecule has 43 heavy (non-hydrogen) atoms. The van der Waals surface area contributed by atoms with Gasteiger partial charge in [0.15, 0.2) is 0 Å². The number of alkyl halides is 3. The SMILES string of the molecule is Cc1ccc(S(OS(=O)(=O)C(F)(F)C(=O)OCCCCCCCCCCCCBr)(c2ccccc2)c2ccccc2)cc1. The fourth-order valence-corrected chi connectivity index (χ4v) is 10.1. The second-order valence-corrected chi connectivity index (χ2v) is 15.7. The molecule has 0 bridgehead atoms. The largest absolute Gasteiger partial charge is 0.466 e. The third-order valence-electron chi connectivity index (χ3n) is 7.01. The molecule has 0 aromatic heterocycles. The van der Waals surface area contributed by atoms with Gasteiger partial charge < -0.3 is 4.74 Å². The zero-order valence-electron chi connectivity index (χ0n) is 24.6. The molecule has 236 valence electrons. The highest BCUT2D eigenvalue weighted by atomic mass is 79.9. The Bertz CT molecular complexity index is 1320. The fourth-order valence-electron chi connectivity index (χ4n) is 4.62. The predicted molar refractivity (Wildman–Crippen MR) is 172 cm³/mol. The zero-order chi connectivity index (χ0) is 31.2. The molecule has 0 spiro atoms. The van der Waals surface area contributed by atoms with Crippen molar-refractivity contribution < 1.29 is 30.4 Å². The number of ether oxygens (including phenoxy) is 1. The third-order valence-corrected chi connectivity index (χ3v) is 12.7. The van der Waals surface area contributed by atoms with Crippen molar-refractivity contribution >= 4 is 42.3 Å². The van der Waals surface area contributed by atoms with E-state index in [9.17, 15) is 13.2 Å². The molecule has 0 unspecified atom stereocenters. The minimum Gasteiger partial charge on any atom is -0.460 e. The normalized spacial score (nSPS) is 12.7. The molecule has 0 aliphatic rings. The monoisotopic (exact) mass is 698 g/mol. The Labute approximate surface area is 265 Å². The first kappa shape index (κ1) is 35.2. The summed E-state index contributed by atoms with van der Waals surface area (Å²) in [6.07, 6.45) is 10.1. The van der Waals surface area contributed by atoms with Crippen LogP contribution in [0.15, 0.2) is 99.6 Å². The van der Waals surface area contributed by atoms with Gasteiger partial charge in [-0.25, -0.2) is 8.42 Å². The number of hydrogen-bond acceptors (Lipinski definition) is 5. The summed E-state index contributed by atoms with van der Waals surface area (Å²) in [4.78, 5) is 13.7. The van der Waals surface area contributed by atoms with Gasteiger partial charge in [0.1, 0.15) is 0 Å². The third kappa shape index (κ3) is 9.61. The van der Waals surface area contributed by atoms with E-state index in [2.05, 4.69) is 15.9 Å². The minimum absolute atomic E-state index is 0.288. The maximum absolute atomic E-state index is 15.4. The van der Waals surface area contributed by atoms with Crippen LogP contribution >= 0.6 is 26.2 Å². The molecule has 0 fully saturated rings. The van der Waals surface area contributed by atoms with Crippen molar-refractivity contribution in [1.82, 2.24) is 0 Å². The van der Waals surface area contributed by atoms with Crippen LogP contribution in [0.5, 0.6) is 0 Å². The number of aryl methyl sites for hydroxylation is 1. The first-order chi connectivity index (χ1) is 20.6. The summed E-state index contributed by atoms with van der Waals surface area (Å²) in [6.45, 7) is 1.58. The van der Waals surface area contributed by atoms with E-state index in [1.165, 1.54) is 32.1 Å². The first-order valence-electron chi connectivity index (χ1n) is 14.7. The van der Waals surface area contributed by atoms with Crippen molar-refractivity contribution in [2.45, 2.75) is 91.1 Å². The smallest absolute Gasteiger partial charge is 0.460 e. The molecule has 0 atom stereocenters. The van der Waals surface area contributed by atoms with E-state index < -0.39 is 31.7 Å². The summed E-state index contributed by atoms with van der Waals surface area (Å²) in [5, 5.41) is -3.87. The molecule has 3 rings (SSSR count). The highest BCUT2D eigenvalue weighted by molar-refractivity contribution is 9.09. The second-order valence-electron chi connectivity index (χ2n) is 10.4. The van der Waals surface area contributed by atoms with Crippen LogP contribution in [0.25, 0.3) is 0 Å². The number of carbonyl (C=O) groups excluding carboxylic acids is 1. The molecule has 0 aliphatic carbocycles. The number of unbranched alkanes of at least 4 members (excludes halogenated alkanes) is 9. The van der Waals surface area contributed by atoms with Crippen LogP contribution in [0.1, 0.15) is 69.8 Å². The Morgan fingerprint density at radius 3 is 1.56 bits per heavy atom. The summed E-state index contributed by atoms with van der Waals surface area (Å²) < 4.78 is 67.9. The van der Waals surface area contributed by atoms with Gasteiger partial charge in [-0.3, -0.25) is 0 Å². The van der Waals surface area contributed by atoms with E-state index >= 15 is 8.78 Å². The van der Waals surface area contributed by atoms with E-state index in [0.717, 1.165) is 30.2 Å². The van der Waals surface area contributed by atoms with Crippen molar-refractivity contribution in [2.75, 3.05) is 11.9 Å². The maximum atomic E-state index is 15.4. The summed E-state index contributed by atoms with van der Waals surface area (Å²) >= 11 is 3.43. The summed E-state index contributed by atoms with van der Waals surface area (Å²) in [7, 11) is -9.06. The second kappa shape index (κ2) is 17.3. The summed E-state index contributed by atoms with van der Waals surface area (Å²) in [5.74, 6) is -2.13. The lowest BCUT2D eigenvalue weighted by Gasteiger charge is -2.39. The molecule has 0 aliphatic heterocycles. The number of halogens is 3. The average molecular weight is 700 g/mol. The van der Waals surface area contributed by atoms with E-state index in [1.807, 2.05) is 6.92 Å². The van der Waals surface area contributed by atoms with Gasteiger partial charge in [0.2, 0.25) is 0 Å². The van der Waals surface area contributed by atoms with Gasteiger partial charge in [-0.15, -0.1) is 0 Å². The molecule has 0 saturated heterocycles. The van der Waals surface area contributed by atoms with Crippen LogP contribution < -0.4 is 0 Å². The Balaban J connectivity index is 1.71. The zero-order valence-corrected chi connectivity index (χ0v) is 27.8. The molecule has 10 heteroatoms. The van der Waals surface area contributed by atoms with Crippen molar-refractivity contribution in [2.24, 2.45) is 0 Å². The van der Waals surface area contributed by atoms with E-state index in [0.29, 0.717) is 27.5 Å². The van der Waals surface area contributed by atoms with Crippen LogP contribution in [0.3, 0.4) is 0 Å². The van der Waals surface area contributed by atoms with Gasteiger partial charge in [-0.2, -0.15) is 17.2 Å². The minimum atomic E-state index is -5.81. The lowest BCUT2D eigenvalue weighted by atomic mass is 10.1. The van der Waals surface area contributed by atoms with Crippen molar-refractivity contribution in [3.05, 3.63) is 90.5 Å². The highest BCUT2D eigenvalue weighted by Crippen LogP contribution is 2.70. The van der Waals surface area contributed by atoms with Crippen LogP contribution in [-0.4, -0.2) is 31.6 Å². The van der Waals surface area contributed by atoms with Crippen LogP contribution in [-0.2, 0) is 23.3 Å². The van der Waals surface area contributed by atoms with E-state index in [1.54, 1.807) is 84.9 Å². The Hall–Kier alpha value is -2.27. The Morgan fingerprint density at radius 2 is 1.09 bits per heavy atom. The van der Waals surface area contributed by atoms with Gasteiger partial charge in [0, 0.05) is 20.0 Å². The molecule has 5 nitrogen and oxygen atoms in total. The number of carbonyl (C=O) groups is 1. The molecular formula is C33H41BrF2O5S2. The van der Waals surface area contributed by atoms with E-state index in [4.69, 9.17) is 8.37 Å². The van der Waals surface area contributed by atoms with Gasteiger partial charge in [-0.1, -0.05) is 121 Å². The van der Waals surface area contributed by atoms with Crippen LogP contribution in [0.2, 0.25) is 0 Å². The molecule has 3 aromatic rings. The Kier molecular flexibility index (Phi) is 14.1. The number of benzene rings is 3. The molecule has 0 amide bonds. The Morgan fingerprint density at radius 1 is 0.674 bits per heavy atom. The lowest BCUT2D eigenvalue weighted by Crippen LogP contribution is -2.41. The molecule has 3 aromatic carbocycles. The first-order valence-corrected chi connectivity index (χ1v) is 18.8. The van der Waals surface area contributed by atoms with E-state index in [-0.39, 0.29) is 6.61 Å². The molecular weight excluding hydrogens is 658 g/mol. The van der Waals surface area contributed by atoms with Gasteiger partial charge in [0.25, 0.3) is 0 Å². The number of esters is 1. The molecule has 0 heterocycles. The van der Waals surface area contributed by atoms with Crippen LogP contribution in [0.4, 0.5) is 8.78 Å². The van der Waals surface area contributed by atoms with Crippen LogP contribution in [0, 0.1) is 6.92 Å². The van der Waals surface area contributed by atoms with Crippen molar-refractivity contribution in [3.63, 3.8) is 0 Å². The predicted octanol–water partition coefficient (Wildman–Crippen LogP) is 9.97. The molecule has 0 saturated carbocycles. The average Bonchev–Trinajstić information content (AvgIpc) is 3.01. The summed E-state index contributed by atoms with van der Waals surface area (Å²) in [6, 6.07) is 23.6. The fraction of sp³-hybridized carbons (Fsp3) is 0.424. The topological polar surface area (TPSA) is 69.7 Å². The maximum Gasteiger partial charge on any atom is 0.466 e. The molecule has 0 N–H and O–H groups in total. The lowest BCUT2D eigenvalue weighted by molar-refractivity contribution is -0.161. The highest BCUT2D eigenvalue weighted by Gasteiger charge is 2.58. The quantitative estimate of drug-likeness (QED) is 0.0708. The summed E-state index contributed by atoms with van der Waals surface area (Å²) in [5.41, 5.74) is 0.899. The van der Waals surface area contributed by atoms with Crippen molar-refractivity contribution in [1.29, 1.82) is 0 Å². The molecule has 0 radical (unpaired) electrons.